The molecule has 0 saturated heterocycles. The Kier molecular flexibility index (Phi) is 3.97. The molecule has 1 nitrogen and oxygen atoms in total. The molecule has 1 aromatic carbocycles. The maximum atomic E-state index is 13.0. The molecule has 1 atom stereocenters. The number of alkyl halides is 1. The van der Waals surface area contributed by atoms with Crippen molar-refractivity contribution in [1.82, 2.24) is 4.98 Å². The normalized spacial score (nSPS) is 12.4. The third kappa shape index (κ3) is 3.18. The summed E-state index contributed by atoms with van der Waals surface area (Å²) in [5.74, 6) is -0.428. The molecule has 0 amide bonds. The van der Waals surface area contributed by atoms with Gasteiger partial charge >= 0.3 is 0 Å². The molecule has 0 aliphatic rings. The lowest BCUT2D eigenvalue weighted by atomic mass is 10.0. The minimum Gasteiger partial charge on any atom is -0.265 e. The van der Waals surface area contributed by atoms with Gasteiger partial charge in [-0.05, 0) is 41.8 Å². The Morgan fingerprint density at radius 1 is 1.18 bits per heavy atom. The fourth-order valence-electron chi connectivity index (χ4n) is 1.55. The summed E-state index contributed by atoms with van der Waals surface area (Å²) < 4.78 is 13.0. The number of hydrogen-bond donors (Lipinski definition) is 0. The van der Waals surface area contributed by atoms with Gasteiger partial charge in [0.15, 0.2) is 0 Å². The van der Waals surface area contributed by atoms with Gasteiger partial charge in [-0.3, -0.25) is 4.98 Å². The van der Waals surface area contributed by atoms with Crippen LogP contribution >= 0.6 is 23.2 Å². The summed E-state index contributed by atoms with van der Waals surface area (Å²) in [6.07, 6.45) is 4.10. The van der Waals surface area contributed by atoms with E-state index in [9.17, 15) is 4.39 Å². The van der Waals surface area contributed by atoms with Gasteiger partial charge in [-0.15, -0.1) is 11.6 Å². The predicted octanol–water partition coefficient (Wildman–Crippen LogP) is 4.40. The van der Waals surface area contributed by atoms with E-state index >= 15 is 0 Å². The zero-order valence-corrected chi connectivity index (χ0v) is 10.4. The molecule has 4 heteroatoms. The Bertz CT molecular complexity index is 502. The smallest absolute Gasteiger partial charge is 0.141 e. The summed E-state index contributed by atoms with van der Waals surface area (Å²) >= 11 is 12.0. The second-order valence-electron chi connectivity index (χ2n) is 3.70. The van der Waals surface area contributed by atoms with E-state index in [-0.39, 0.29) is 10.4 Å². The Hall–Kier alpha value is -1.12. The summed E-state index contributed by atoms with van der Waals surface area (Å²) in [5.41, 5.74) is 1.90. The molecule has 1 unspecified atom stereocenters. The number of hydrogen-bond acceptors (Lipinski definition) is 1. The van der Waals surface area contributed by atoms with Crippen molar-refractivity contribution in [3.63, 3.8) is 0 Å². The first-order valence-electron chi connectivity index (χ1n) is 5.15. The van der Waals surface area contributed by atoms with Gasteiger partial charge in [0.05, 0.1) is 10.4 Å². The Balaban J connectivity index is 2.14. The van der Waals surface area contributed by atoms with Gasteiger partial charge in [-0.2, -0.15) is 0 Å². The maximum Gasteiger partial charge on any atom is 0.141 e. The van der Waals surface area contributed by atoms with Crippen LogP contribution in [0.4, 0.5) is 4.39 Å². The molecule has 0 aliphatic heterocycles. The molecule has 0 radical (unpaired) electrons. The Labute approximate surface area is 109 Å². The highest BCUT2D eigenvalue weighted by Crippen LogP contribution is 2.28. The average Bonchev–Trinajstić information content (AvgIpc) is 2.34. The van der Waals surface area contributed by atoms with Gasteiger partial charge in [0.1, 0.15) is 5.82 Å². The molecule has 0 saturated carbocycles. The van der Waals surface area contributed by atoms with Crippen molar-refractivity contribution in [2.45, 2.75) is 11.8 Å². The van der Waals surface area contributed by atoms with Crippen molar-refractivity contribution in [2.75, 3.05) is 0 Å². The van der Waals surface area contributed by atoms with E-state index in [1.54, 1.807) is 24.5 Å². The van der Waals surface area contributed by atoms with Gasteiger partial charge in [0, 0.05) is 12.4 Å². The summed E-state index contributed by atoms with van der Waals surface area (Å²) in [6, 6.07) is 8.36. The van der Waals surface area contributed by atoms with Crippen molar-refractivity contribution >= 4 is 23.2 Å². The molecule has 1 heterocycles. The molecular formula is C13H10Cl2FN. The van der Waals surface area contributed by atoms with Gasteiger partial charge < -0.3 is 0 Å². The zero-order chi connectivity index (χ0) is 12.3. The maximum absolute atomic E-state index is 13.0. The second kappa shape index (κ2) is 5.48. The molecule has 0 fully saturated rings. The number of halogens is 3. The van der Waals surface area contributed by atoms with Crippen molar-refractivity contribution in [3.05, 3.63) is 64.7 Å². The van der Waals surface area contributed by atoms with Crippen LogP contribution in [0, 0.1) is 5.82 Å². The highest BCUT2D eigenvalue weighted by atomic mass is 35.5. The minimum absolute atomic E-state index is 0.0999. The highest BCUT2D eigenvalue weighted by Gasteiger charge is 2.11. The molecular weight excluding hydrogens is 260 g/mol. The first kappa shape index (κ1) is 12.3. The van der Waals surface area contributed by atoms with Crippen molar-refractivity contribution < 1.29 is 4.39 Å². The molecule has 0 N–H and O–H groups in total. The van der Waals surface area contributed by atoms with E-state index in [4.69, 9.17) is 23.2 Å². The molecule has 2 aromatic rings. The molecule has 88 valence electrons. The standard InChI is InChI=1S/C13H10Cl2FN/c14-11(7-9-3-5-17-6-4-9)10-1-2-13(16)12(15)8-10/h1-6,8,11H,7H2. The number of nitrogens with zero attached hydrogens (tertiary/aromatic N) is 1. The SMILES string of the molecule is Fc1ccc(C(Cl)Cc2ccncc2)cc1Cl. The fraction of sp³-hybridized carbons (Fsp3) is 0.154. The third-order valence-corrected chi connectivity index (χ3v) is 3.17. The van der Waals surface area contributed by atoms with Gasteiger partial charge in [0.25, 0.3) is 0 Å². The third-order valence-electron chi connectivity index (χ3n) is 2.47. The lowest BCUT2D eigenvalue weighted by Crippen LogP contribution is -1.96. The minimum atomic E-state index is -0.428. The molecule has 0 aliphatic carbocycles. The lowest BCUT2D eigenvalue weighted by Gasteiger charge is -2.10. The molecule has 1 aromatic heterocycles. The Morgan fingerprint density at radius 2 is 1.88 bits per heavy atom. The molecule has 2 rings (SSSR count). The summed E-state index contributed by atoms with van der Waals surface area (Å²) in [5, 5.41) is -0.127. The average molecular weight is 270 g/mol. The monoisotopic (exact) mass is 269 g/mol. The van der Waals surface area contributed by atoms with E-state index in [1.165, 1.54) is 6.07 Å². The van der Waals surface area contributed by atoms with Crippen LogP contribution < -0.4 is 0 Å². The molecule has 17 heavy (non-hydrogen) atoms. The largest absolute Gasteiger partial charge is 0.265 e. The van der Waals surface area contributed by atoms with Crippen LogP contribution in [0.2, 0.25) is 5.02 Å². The summed E-state index contributed by atoms with van der Waals surface area (Å²) in [4.78, 5) is 3.94. The summed E-state index contributed by atoms with van der Waals surface area (Å²) in [7, 11) is 0. The van der Waals surface area contributed by atoms with Crippen LogP contribution in [0.25, 0.3) is 0 Å². The van der Waals surface area contributed by atoms with Crippen LogP contribution in [0.5, 0.6) is 0 Å². The highest BCUT2D eigenvalue weighted by molar-refractivity contribution is 6.31. The van der Waals surface area contributed by atoms with Crippen LogP contribution in [-0.4, -0.2) is 4.98 Å². The first-order chi connectivity index (χ1) is 8.16. The van der Waals surface area contributed by atoms with Gasteiger partial charge in [-0.1, -0.05) is 17.7 Å². The first-order valence-corrected chi connectivity index (χ1v) is 5.96. The predicted molar refractivity (Wildman–Crippen MR) is 67.9 cm³/mol. The lowest BCUT2D eigenvalue weighted by molar-refractivity contribution is 0.627. The van der Waals surface area contributed by atoms with Crippen molar-refractivity contribution in [3.8, 4) is 0 Å². The Morgan fingerprint density at radius 3 is 2.53 bits per heavy atom. The van der Waals surface area contributed by atoms with Crippen LogP contribution in [0.15, 0.2) is 42.7 Å². The van der Waals surface area contributed by atoms with Crippen LogP contribution in [-0.2, 0) is 6.42 Å². The van der Waals surface area contributed by atoms with Crippen molar-refractivity contribution in [2.24, 2.45) is 0 Å². The van der Waals surface area contributed by atoms with E-state index in [0.29, 0.717) is 6.42 Å². The quantitative estimate of drug-likeness (QED) is 0.753. The zero-order valence-electron chi connectivity index (χ0n) is 8.91. The second-order valence-corrected chi connectivity index (χ2v) is 4.63. The number of rotatable bonds is 3. The van der Waals surface area contributed by atoms with E-state index in [1.807, 2.05) is 12.1 Å². The number of pyridine rings is 1. The number of aromatic nitrogens is 1. The summed E-state index contributed by atoms with van der Waals surface area (Å²) in [6.45, 7) is 0. The molecule has 0 bridgehead atoms. The van der Waals surface area contributed by atoms with Gasteiger partial charge in [0.2, 0.25) is 0 Å². The number of benzene rings is 1. The van der Waals surface area contributed by atoms with E-state index in [2.05, 4.69) is 4.98 Å². The van der Waals surface area contributed by atoms with Crippen LogP contribution in [0.1, 0.15) is 16.5 Å². The van der Waals surface area contributed by atoms with Crippen LogP contribution in [0.3, 0.4) is 0 Å². The van der Waals surface area contributed by atoms with Crippen molar-refractivity contribution in [1.29, 1.82) is 0 Å². The molecule has 0 spiro atoms. The topological polar surface area (TPSA) is 12.9 Å². The van der Waals surface area contributed by atoms with Gasteiger partial charge in [-0.25, -0.2) is 4.39 Å². The van der Waals surface area contributed by atoms with E-state index < -0.39 is 5.82 Å². The fourth-order valence-corrected chi connectivity index (χ4v) is 2.05. The van der Waals surface area contributed by atoms with E-state index in [0.717, 1.165) is 11.1 Å².